The molecule has 1 rings (SSSR count). The molecule has 2 nitrogen and oxygen atoms in total. The molecule has 1 aliphatic rings. The van der Waals surface area contributed by atoms with Gasteiger partial charge in [-0.05, 0) is 6.42 Å². The smallest absolute Gasteiger partial charge is 0.356 e. The van der Waals surface area contributed by atoms with Gasteiger partial charge in [-0.3, -0.25) is 4.79 Å². The second-order valence-electron chi connectivity index (χ2n) is 2.60. The van der Waals surface area contributed by atoms with E-state index in [-0.39, 0.29) is 0 Å². The zero-order valence-corrected chi connectivity index (χ0v) is 5.74. The van der Waals surface area contributed by atoms with Crippen molar-refractivity contribution in [3.8, 4) is 0 Å². The maximum absolute atomic E-state index is 11.7. The molecule has 0 aromatic carbocycles. The van der Waals surface area contributed by atoms with Gasteiger partial charge in [-0.2, -0.15) is 13.2 Å². The molecule has 0 aromatic rings. The summed E-state index contributed by atoms with van der Waals surface area (Å²) in [5.41, 5.74) is 0. The predicted octanol–water partition coefficient (Wildman–Crippen LogP) is 1.07. The summed E-state index contributed by atoms with van der Waals surface area (Å²) in [4.78, 5) is 10.6. The van der Waals surface area contributed by atoms with E-state index in [4.69, 9.17) is 0 Å². The number of rotatable bonds is 1. The average Bonchev–Trinajstić information content (AvgIpc) is 2.12. The fraction of sp³-hybridized carbons (Fsp3) is 0.833. The van der Waals surface area contributed by atoms with E-state index in [0.717, 1.165) is 0 Å². The number of halogens is 3. The molecule has 0 bridgehead atoms. The van der Waals surface area contributed by atoms with E-state index in [9.17, 15) is 18.0 Å². The molecule has 1 unspecified atom stereocenters. The number of carbonyl (C=O) groups excluding carboxylic acids is 1. The maximum Gasteiger partial charge on any atom is 0.389 e. The minimum absolute atomic E-state index is 0.304. The highest BCUT2D eigenvalue weighted by atomic mass is 19.4. The predicted molar refractivity (Wildman–Crippen MR) is 31.8 cm³/mol. The molecule has 1 heterocycles. The minimum atomic E-state index is -4.22. The van der Waals surface area contributed by atoms with Crippen molar-refractivity contribution in [3.63, 3.8) is 0 Å². The van der Waals surface area contributed by atoms with Crippen molar-refractivity contribution in [2.75, 3.05) is 6.54 Å². The molecule has 5 heteroatoms. The van der Waals surface area contributed by atoms with Crippen molar-refractivity contribution < 1.29 is 18.0 Å². The van der Waals surface area contributed by atoms with Crippen LogP contribution in [0.5, 0.6) is 0 Å². The first kappa shape index (κ1) is 8.36. The third-order valence-electron chi connectivity index (χ3n) is 1.64. The molecule has 1 saturated heterocycles. The molecule has 0 aliphatic carbocycles. The van der Waals surface area contributed by atoms with Gasteiger partial charge >= 0.3 is 6.18 Å². The SMILES string of the molecule is O=C1NCCC1CC(F)(F)F. The lowest BCUT2D eigenvalue weighted by Crippen LogP contribution is -2.23. The fourth-order valence-electron chi connectivity index (χ4n) is 1.12. The van der Waals surface area contributed by atoms with Crippen LogP contribution in [0.15, 0.2) is 0 Å². The molecular formula is C6H8F3NO. The van der Waals surface area contributed by atoms with Crippen molar-refractivity contribution in [1.29, 1.82) is 0 Å². The van der Waals surface area contributed by atoms with Gasteiger partial charge < -0.3 is 5.32 Å². The van der Waals surface area contributed by atoms with Gasteiger partial charge in [0.2, 0.25) is 5.91 Å². The highest BCUT2D eigenvalue weighted by Gasteiger charge is 2.37. The second-order valence-corrected chi connectivity index (χ2v) is 2.60. The van der Waals surface area contributed by atoms with E-state index in [0.29, 0.717) is 13.0 Å². The zero-order chi connectivity index (χ0) is 8.48. The molecule has 1 atom stereocenters. The number of hydrogen-bond donors (Lipinski definition) is 1. The van der Waals surface area contributed by atoms with Crippen molar-refractivity contribution in [2.24, 2.45) is 5.92 Å². The van der Waals surface area contributed by atoms with E-state index in [2.05, 4.69) is 5.32 Å². The monoisotopic (exact) mass is 167 g/mol. The van der Waals surface area contributed by atoms with Gasteiger partial charge in [0.25, 0.3) is 0 Å². The van der Waals surface area contributed by atoms with E-state index in [1.165, 1.54) is 0 Å². The van der Waals surface area contributed by atoms with Crippen LogP contribution in [0.4, 0.5) is 13.2 Å². The lowest BCUT2D eigenvalue weighted by atomic mass is 10.0. The van der Waals surface area contributed by atoms with Crippen molar-refractivity contribution in [3.05, 3.63) is 0 Å². The normalized spacial score (nSPS) is 25.4. The number of nitrogens with one attached hydrogen (secondary N) is 1. The Balaban J connectivity index is 2.43. The Morgan fingerprint density at radius 2 is 2.18 bits per heavy atom. The summed E-state index contributed by atoms with van der Waals surface area (Å²) >= 11 is 0. The summed E-state index contributed by atoms with van der Waals surface area (Å²) in [7, 11) is 0. The first-order chi connectivity index (χ1) is 4.99. The van der Waals surface area contributed by atoms with E-state index in [1.807, 2.05) is 0 Å². The van der Waals surface area contributed by atoms with Crippen LogP contribution in [0, 0.1) is 5.92 Å². The quantitative estimate of drug-likeness (QED) is 0.622. The van der Waals surface area contributed by atoms with Gasteiger partial charge in [0.05, 0.1) is 6.42 Å². The van der Waals surface area contributed by atoms with Crippen molar-refractivity contribution >= 4 is 5.91 Å². The Hall–Kier alpha value is -0.740. The third kappa shape index (κ3) is 2.40. The molecule has 11 heavy (non-hydrogen) atoms. The summed E-state index contributed by atoms with van der Waals surface area (Å²) in [5.74, 6) is -1.32. The Kier molecular flexibility index (Phi) is 2.06. The number of hydrogen-bond acceptors (Lipinski definition) is 1. The molecule has 1 amide bonds. The Morgan fingerprint density at radius 1 is 1.55 bits per heavy atom. The standard InChI is InChI=1S/C6H8F3NO/c7-6(8,9)3-4-1-2-10-5(4)11/h4H,1-3H2,(H,10,11). The molecule has 1 N–H and O–H groups in total. The van der Waals surface area contributed by atoms with Gasteiger partial charge in [-0.25, -0.2) is 0 Å². The van der Waals surface area contributed by atoms with E-state index in [1.54, 1.807) is 0 Å². The molecule has 0 saturated carbocycles. The van der Waals surface area contributed by atoms with Crippen molar-refractivity contribution in [2.45, 2.75) is 19.0 Å². The molecule has 0 spiro atoms. The van der Waals surface area contributed by atoms with Gasteiger partial charge in [-0.15, -0.1) is 0 Å². The van der Waals surface area contributed by atoms with Crippen molar-refractivity contribution in [1.82, 2.24) is 5.32 Å². The van der Waals surface area contributed by atoms with E-state index >= 15 is 0 Å². The Labute approximate surface area is 61.8 Å². The Bertz CT molecular complexity index is 166. The molecule has 0 aromatic heterocycles. The van der Waals surface area contributed by atoms with Gasteiger partial charge in [0.15, 0.2) is 0 Å². The molecule has 1 fully saturated rings. The van der Waals surface area contributed by atoms with E-state index < -0.39 is 24.4 Å². The number of amides is 1. The highest BCUT2D eigenvalue weighted by Crippen LogP contribution is 2.28. The summed E-state index contributed by atoms with van der Waals surface area (Å²) in [6, 6.07) is 0. The largest absolute Gasteiger partial charge is 0.389 e. The molecular weight excluding hydrogens is 159 g/mol. The lowest BCUT2D eigenvalue weighted by Gasteiger charge is -2.09. The first-order valence-corrected chi connectivity index (χ1v) is 3.33. The van der Waals surface area contributed by atoms with Crippen LogP contribution in [0.3, 0.4) is 0 Å². The van der Waals surface area contributed by atoms with Crippen LogP contribution in [0.1, 0.15) is 12.8 Å². The summed E-state index contributed by atoms with van der Waals surface area (Å²) in [6.45, 7) is 0.375. The van der Waals surface area contributed by atoms with Crippen LogP contribution in [-0.4, -0.2) is 18.6 Å². The van der Waals surface area contributed by atoms with Crippen LogP contribution < -0.4 is 5.32 Å². The topological polar surface area (TPSA) is 29.1 Å². The van der Waals surface area contributed by atoms with Crippen LogP contribution in [0.2, 0.25) is 0 Å². The minimum Gasteiger partial charge on any atom is -0.356 e. The summed E-state index contributed by atoms with van der Waals surface area (Å²) in [5, 5.41) is 2.35. The number of alkyl halides is 3. The fourth-order valence-corrected chi connectivity index (χ4v) is 1.12. The molecule has 0 radical (unpaired) electrons. The maximum atomic E-state index is 11.7. The highest BCUT2D eigenvalue weighted by molar-refractivity contribution is 5.80. The van der Waals surface area contributed by atoms with Crippen LogP contribution in [-0.2, 0) is 4.79 Å². The second kappa shape index (κ2) is 2.71. The number of carbonyl (C=O) groups is 1. The summed E-state index contributed by atoms with van der Waals surface area (Å²) in [6.07, 6.45) is -4.90. The average molecular weight is 167 g/mol. The third-order valence-corrected chi connectivity index (χ3v) is 1.64. The Morgan fingerprint density at radius 3 is 2.55 bits per heavy atom. The van der Waals surface area contributed by atoms with Gasteiger partial charge in [0, 0.05) is 12.5 Å². The van der Waals surface area contributed by atoms with Gasteiger partial charge in [0.1, 0.15) is 0 Å². The summed E-state index contributed by atoms with van der Waals surface area (Å²) < 4.78 is 35.1. The first-order valence-electron chi connectivity index (χ1n) is 3.33. The zero-order valence-electron chi connectivity index (χ0n) is 5.74. The lowest BCUT2D eigenvalue weighted by molar-refractivity contribution is -0.151. The van der Waals surface area contributed by atoms with Crippen LogP contribution >= 0.6 is 0 Å². The van der Waals surface area contributed by atoms with Gasteiger partial charge in [-0.1, -0.05) is 0 Å². The molecule has 64 valence electrons. The molecule has 1 aliphatic heterocycles. The van der Waals surface area contributed by atoms with Crippen LogP contribution in [0.25, 0.3) is 0 Å².